The Morgan fingerprint density at radius 1 is 1.09 bits per heavy atom. The van der Waals surface area contributed by atoms with E-state index in [0.717, 1.165) is 15.2 Å². The van der Waals surface area contributed by atoms with E-state index < -0.39 is 9.84 Å². The Bertz CT molecular complexity index is 800. The zero-order chi connectivity index (χ0) is 17.0. The number of hydrogen-bond acceptors (Lipinski definition) is 4. The van der Waals surface area contributed by atoms with E-state index in [0.29, 0.717) is 11.4 Å². The molecule has 2 aromatic rings. The minimum Gasteiger partial charge on any atom is -0.481 e. The van der Waals surface area contributed by atoms with Crippen LogP contribution in [0.5, 0.6) is 5.75 Å². The molecule has 0 saturated heterocycles. The molecule has 0 unspecified atom stereocenters. The van der Waals surface area contributed by atoms with E-state index in [9.17, 15) is 13.2 Å². The summed E-state index contributed by atoms with van der Waals surface area (Å²) in [5.41, 5.74) is 0.497. The van der Waals surface area contributed by atoms with E-state index in [1.54, 1.807) is 0 Å². The lowest BCUT2D eigenvalue weighted by Gasteiger charge is -2.10. The number of rotatable bonds is 5. The van der Waals surface area contributed by atoms with Gasteiger partial charge in [-0.3, -0.25) is 4.79 Å². The number of benzene rings is 2. The van der Waals surface area contributed by atoms with Gasteiger partial charge in [-0.1, -0.05) is 6.07 Å². The van der Waals surface area contributed by atoms with E-state index in [-0.39, 0.29) is 17.4 Å². The fourth-order valence-electron chi connectivity index (χ4n) is 1.74. The SMILES string of the molecule is CS(=O)(=O)c1ccc(NC(=O)COc2c(Br)cccc2Br)cc1. The van der Waals surface area contributed by atoms with Gasteiger partial charge in [0.2, 0.25) is 0 Å². The molecule has 0 aliphatic rings. The highest BCUT2D eigenvalue weighted by molar-refractivity contribution is 9.11. The van der Waals surface area contributed by atoms with Crippen molar-refractivity contribution in [3.05, 3.63) is 51.4 Å². The van der Waals surface area contributed by atoms with Crippen molar-refractivity contribution in [2.75, 3.05) is 18.2 Å². The lowest BCUT2D eigenvalue weighted by Crippen LogP contribution is -2.20. The number of nitrogens with one attached hydrogen (secondary N) is 1. The third-order valence-corrected chi connectivity index (χ3v) is 5.21. The second kappa shape index (κ2) is 7.46. The summed E-state index contributed by atoms with van der Waals surface area (Å²) < 4.78 is 29.7. The molecule has 23 heavy (non-hydrogen) atoms. The van der Waals surface area contributed by atoms with Gasteiger partial charge in [-0.25, -0.2) is 8.42 Å². The number of anilines is 1. The largest absolute Gasteiger partial charge is 0.481 e. The fourth-order valence-corrected chi connectivity index (χ4v) is 3.60. The molecule has 0 saturated carbocycles. The highest BCUT2D eigenvalue weighted by Crippen LogP contribution is 2.32. The van der Waals surface area contributed by atoms with E-state index in [1.807, 2.05) is 18.2 Å². The molecule has 5 nitrogen and oxygen atoms in total. The smallest absolute Gasteiger partial charge is 0.262 e. The minimum atomic E-state index is -3.25. The lowest BCUT2D eigenvalue weighted by molar-refractivity contribution is -0.118. The predicted molar refractivity (Wildman–Crippen MR) is 95.5 cm³/mol. The Balaban J connectivity index is 1.97. The molecular formula is C15H13Br2NO4S. The predicted octanol–water partition coefficient (Wildman–Crippen LogP) is 3.63. The van der Waals surface area contributed by atoms with Crippen molar-refractivity contribution in [1.29, 1.82) is 0 Å². The first-order valence-corrected chi connectivity index (χ1v) is 9.92. The summed E-state index contributed by atoms with van der Waals surface area (Å²) in [5, 5.41) is 2.64. The molecule has 0 spiro atoms. The van der Waals surface area contributed by atoms with Gasteiger partial charge < -0.3 is 10.1 Å². The minimum absolute atomic E-state index is 0.172. The standard InChI is InChI=1S/C15H13Br2NO4S/c1-23(20,21)11-7-5-10(6-8-11)18-14(19)9-22-15-12(16)3-2-4-13(15)17/h2-8H,9H2,1H3,(H,18,19). The Morgan fingerprint density at radius 2 is 1.65 bits per heavy atom. The van der Waals surface area contributed by atoms with Crippen molar-refractivity contribution in [3.63, 3.8) is 0 Å². The molecule has 2 aromatic carbocycles. The lowest BCUT2D eigenvalue weighted by atomic mass is 10.3. The van der Waals surface area contributed by atoms with Gasteiger partial charge in [0.1, 0.15) is 5.75 Å². The molecule has 0 bridgehead atoms. The Labute approximate surface area is 151 Å². The maximum Gasteiger partial charge on any atom is 0.262 e. The van der Waals surface area contributed by atoms with Gasteiger partial charge in [-0.15, -0.1) is 0 Å². The number of amides is 1. The van der Waals surface area contributed by atoms with Gasteiger partial charge in [0.05, 0.1) is 13.8 Å². The highest BCUT2D eigenvalue weighted by atomic mass is 79.9. The summed E-state index contributed by atoms with van der Waals surface area (Å²) in [6.45, 7) is -0.172. The summed E-state index contributed by atoms with van der Waals surface area (Å²) in [6, 6.07) is 11.4. The van der Waals surface area contributed by atoms with Crippen LogP contribution in [0.25, 0.3) is 0 Å². The summed E-state index contributed by atoms with van der Waals surface area (Å²) >= 11 is 6.69. The monoisotopic (exact) mass is 461 g/mol. The van der Waals surface area contributed by atoms with Crippen LogP contribution < -0.4 is 10.1 Å². The van der Waals surface area contributed by atoms with Crippen molar-refractivity contribution >= 4 is 53.3 Å². The summed E-state index contributed by atoms with van der Waals surface area (Å²) in [4.78, 5) is 12.1. The topological polar surface area (TPSA) is 72.5 Å². The molecule has 0 heterocycles. The molecule has 122 valence electrons. The molecule has 2 rings (SSSR count). The first-order valence-electron chi connectivity index (χ1n) is 6.44. The number of para-hydroxylation sites is 1. The average Bonchev–Trinajstić information content (AvgIpc) is 2.46. The fraction of sp³-hybridized carbons (Fsp3) is 0.133. The number of halogens is 2. The molecule has 0 aromatic heterocycles. The Kier molecular flexibility index (Phi) is 5.83. The van der Waals surface area contributed by atoms with Crippen LogP contribution >= 0.6 is 31.9 Å². The summed E-state index contributed by atoms with van der Waals surface area (Å²) in [6.07, 6.45) is 1.13. The quantitative estimate of drug-likeness (QED) is 0.736. The summed E-state index contributed by atoms with van der Waals surface area (Å²) in [7, 11) is -3.25. The van der Waals surface area contributed by atoms with Crippen molar-refractivity contribution in [1.82, 2.24) is 0 Å². The molecule has 8 heteroatoms. The van der Waals surface area contributed by atoms with E-state index in [4.69, 9.17) is 4.74 Å². The molecule has 0 atom stereocenters. The van der Waals surface area contributed by atoms with Crippen molar-refractivity contribution in [3.8, 4) is 5.75 Å². The van der Waals surface area contributed by atoms with Crippen molar-refractivity contribution < 1.29 is 17.9 Å². The van der Waals surface area contributed by atoms with Crippen LogP contribution in [-0.2, 0) is 14.6 Å². The zero-order valence-corrected chi connectivity index (χ0v) is 16.0. The molecule has 0 aliphatic heterocycles. The molecule has 0 fully saturated rings. The second-order valence-corrected chi connectivity index (χ2v) is 8.41. The van der Waals surface area contributed by atoms with Gasteiger partial charge in [-0.2, -0.15) is 0 Å². The number of hydrogen-bond donors (Lipinski definition) is 1. The zero-order valence-electron chi connectivity index (χ0n) is 12.0. The molecular weight excluding hydrogens is 450 g/mol. The van der Waals surface area contributed by atoms with Crippen LogP contribution in [0.15, 0.2) is 56.3 Å². The Hall–Kier alpha value is -1.38. The van der Waals surface area contributed by atoms with Crippen LogP contribution in [-0.4, -0.2) is 27.2 Å². The van der Waals surface area contributed by atoms with Gasteiger partial charge >= 0.3 is 0 Å². The van der Waals surface area contributed by atoms with E-state index >= 15 is 0 Å². The first kappa shape index (κ1) is 18.0. The summed E-state index contributed by atoms with van der Waals surface area (Å²) in [5.74, 6) is 0.190. The second-order valence-electron chi connectivity index (χ2n) is 4.68. The molecule has 1 N–H and O–H groups in total. The highest BCUT2D eigenvalue weighted by Gasteiger charge is 2.10. The molecule has 0 aliphatic carbocycles. The van der Waals surface area contributed by atoms with Crippen molar-refractivity contribution in [2.24, 2.45) is 0 Å². The van der Waals surface area contributed by atoms with Crippen LogP contribution in [0.3, 0.4) is 0 Å². The number of sulfone groups is 1. The van der Waals surface area contributed by atoms with Gasteiger partial charge in [0.15, 0.2) is 16.4 Å². The van der Waals surface area contributed by atoms with Crippen LogP contribution in [0, 0.1) is 0 Å². The first-order chi connectivity index (χ1) is 10.8. The van der Waals surface area contributed by atoms with Gasteiger partial charge in [0.25, 0.3) is 5.91 Å². The van der Waals surface area contributed by atoms with Gasteiger partial charge in [-0.05, 0) is 68.3 Å². The average molecular weight is 463 g/mol. The maximum absolute atomic E-state index is 11.9. The third-order valence-electron chi connectivity index (χ3n) is 2.83. The van der Waals surface area contributed by atoms with E-state index in [1.165, 1.54) is 24.3 Å². The van der Waals surface area contributed by atoms with Crippen molar-refractivity contribution in [2.45, 2.75) is 4.90 Å². The number of ether oxygens (including phenoxy) is 1. The van der Waals surface area contributed by atoms with Crippen LogP contribution in [0.1, 0.15) is 0 Å². The molecule has 1 amide bonds. The number of carbonyl (C=O) groups excluding carboxylic acids is 1. The number of carbonyl (C=O) groups is 1. The van der Waals surface area contributed by atoms with Gasteiger partial charge in [0, 0.05) is 11.9 Å². The molecule has 0 radical (unpaired) electrons. The normalized spacial score (nSPS) is 11.1. The Morgan fingerprint density at radius 3 is 2.17 bits per heavy atom. The van der Waals surface area contributed by atoms with Crippen LogP contribution in [0.2, 0.25) is 0 Å². The van der Waals surface area contributed by atoms with Crippen LogP contribution in [0.4, 0.5) is 5.69 Å². The third kappa shape index (κ3) is 5.05. The maximum atomic E-state index is 11.9. The van der Waals surface area contributed by atoms with E-state index in [2.05, 4.69) is 37.2 Å².